The highest BCUT2D eigenvalue weighted by Gasteiger charge is 2.24. The van der Waals surface area contributed by atoms with Crippen LogP contribution in [0.1, 0.15) is 16.7 Å². The van der Waals surface area contributed by atoms with Crippen LogP contribution in [0.15, 0.2) is 50.8 Å². The Morgan fingerprint density at radius 3 is 2.69 bits per heavy atom. The molecule has 0 aliphatic carbocycles. The average molecular weight is 432 g/mol. The number of aryl methyl sites for hydroxylation is 2. The smallest absolute Gasteiger partial charge is 0.284 e. The maximum absolute atomic E-state index is 12.2. The Balaban J connectivity index is 1.88. The first-order valence-corrected chi connectivity index (χ1v) is 9.25. The number of nitrogens with zero attached hydrogens (tertiary/aromatic N) is 2. The van der Waals surface area contributed by atoms with Crippen LogP contribution in [0.3, 0.4) is 0 Å². The fourth-order valence-electron chi connectivity index (χ4n) is 2.43. The van der Waals surface area contributed by atoms with E-state index in [9.17, 15) is 14.9 Å². The predicted octanol–water partition coefficient (Wildman–Crippen LogP) is 4.87. The van der Waals surface area contributed by atoms with Crippen LogP contribution in [-0.2, 0) is 4.79 Å². The second kappa shape index (κ2) is 7.43. The minimum Gasteiger partial charge on any atom is -0.300 e. The monoisotopic (exact) mass is 431 g/mol. The molecule has 0 unspecified atom stereocenters. The number of thioether (sulfide) groups is 1. The van der Waals surface area contributed by atoms with E-state index in [0.29, 0.717) is 20.1 Å². The minimum atomic E-state index is -0.471. The summed E-state index contributed by atoms with van der Waals surface area (Å²) in [5, 5.41) is 14.2. The van der Waals surface area contributed by atoms with Crippen molar-refractivity contribution in [2.24, 2.45) is 4.99 Å². The summed E-state index contributed by atoms with van der Waals surface area (Å²) in [5.41, 5.74) is 3.48. The van der Waals surface area contributed by atoms with Gasteiger partial charge in [0.1, 0.15) is 0 Å². The van der Waals surface area contributed by atoms with Crippen molar-refractivity contribution in [3.63, 3.8) is 0 Å². The maximum Gasteiger partial charge on any atom is 0.284 e. The third kappa shape index (κ3) is 4.03. The summed E-state index contributed by atoms with van der Waals surface area (Å²) in [7, 11) is 0. The van der Waals surface area contributed by atoms with Crippen LogP contribution in [0.2, 0.25) is 0 Å². The van der Waals surface area contributed by atoms with E-state index in [4.69, 9.17) is 0 Å². The van der Waals surface area contributed by atoms with Crippen molar-refractivity contribution in [3.8, 4) is 0 Å². The molecule has 0 spiro atoms. The second-order valence-electron chi connectivity index (χ2n) is 5.74. The largest absolute Gasteiger partial charge is 0.300 e. The number of nitrogens with one attached hydrogen (secondary N) is 1. The van der Waals surface area contributed by atoms with Crippen LogP contribution in [0.5, 0.6) is 0 Å². The van der Waals surface area contributed by atoms with Crippen LogP contribution in [0.25, 0.3) is 6.08 Å². The first-order chi connectivity index (χ1) is 12.3. The molecule has 3 rings (SSSR count). The molecule has 1 amide bonds. The molecule has 1 heterocycles. The van der Waals surface area contributed by atoms with Gasteiger partial charge >= 0.3 is 0 Å². The highest BCUT2D eigenvalue weighted by molar-refractivity contribution is 9.10. The Kier molecular flexibility index (Phi) is 5.24. The van der Waals surface area contributed by atoms with Crippen molar-refractivity contribution < 1.29 is 9.72 Å². The molecule has 0 saturated carbocycles. The van der Waals surface area contributed by atoms with Gasteiger partial charge in [-0.05, 0) is 70.9 Å². The third-order valence-electron chi connectivity index (χ3n) is 3.69. The van der Waals surface area contributed by atoms with E-state index in [1.54, 1.807) is 18.2 Å². The van der Waals surface area contributed by atoms with Gasteiger partial charge in [0, 0.05) is 6.07 Å². The lowest BCUT2D eigenvalue weighted by molar-refractivity contribution is -0.385. The molecule has 1 aliphatic rings. The highest BCUT2D eigenvalue weighted by atomic mass is 79.9. The number of rotatable bonds is 3. The van der Waals surface area contributed by atoms with Crippen LogP contribution >= 0.6 is 27.7 Å². The van der Waals surface area contributed by atoms with Gasteiger partial charge in [-0.1, -0.05) is 23.8 Å². The van der Waals surface area contributed by atoms with Crippen molar-refractivity contribution in [1.29, 1.82) is 0 Å². The minimum absolute atomic E-state index is 0.0491. The van der Waals surface area contributed by atoms with Gasteiger partial charge in [0.15, 0.2) is 5.17 Å². The number of hydrogen-bond acceptors (Lipinski definition) is 5. The summed E-state index contributed by atoms with van der Waals surface area (Å²) in [6.45, 7) is 3.97. The van der Waals surface area contributed by atoms with Gasteiger partial charge in [-0.25, -0.2) is 4.99 Å². The van der Waals surface area contributed by atoms with E-state index >= 15 is 0 Å². The predicted molar refractivity (Wildman–Crippen MR) is 108 cm³/mol. The first-order valence-electron chi connectivity index (χ1n) is 7.64. The van der Waals surface area contributed by atoms with Gasteiger partial charge in [0.2, 0.25) is 0 Å². The van der Waals surface area contributed by atoms with E-state index in [1.165, 1.54) is 17.8 Å². The SMILES string of the molecule is Cc1ccc(N=C2NC(=O)/C(=C/c3ccc(Br)c([N+](=O)[O-])c3)S2)c(C)c1. The summed E-state index contributed by atoms with van der Waals surface area (Å²) in [5.74, 6) is -0.274. The van der Waals surface area contributed by atoms with Gasteiger partial charge in [0.05, 0.1) is 20.0 Å². The van der Waals surface area contributed by atoms with Crippen LogP contribution in [0, 0.1) is 24.0 Å². The number of benzene rings is 2. The molecule has 2 aromatic rings. The Morgan fingerprint density at radius 1 is 1.23 bits per heavy atom. The number of halogens is 1. The molecule has 0 atom stereocenters. The first kappa shape index (κ1) is 18.3. The van der Waals surface area contributed by atoms with E-state index in [-0.39, 0.29) is 11.6 Å². The van der Waals surface area contributed by atoms with Crippen LogP contribution < -0.4 is 5.32 Å². The average Bonchev–Trinajstić information content (AvgIpc) is 2.91. The van der Waals surface area contributed by atoms with E-state index in [2.05, 4.69) is 26.2 Å². The summed E-state index contributed by atoms with van der Waals surface area (Å²) in [6, 6.07) is 10.6. The van der Waals surface area contributed by atoms with Gasteiger partial charge in [-0.3, -0.25) is 14.9 Å². The van der Waals surface area contributed by atoms with Crippen molar-refractivity contribution >= 4 is 56.2 Å². The fraction of sp³-hybridized carbons (Fsp3) is 0.111. The highest BCUT2D eigenvalue weighted by Crippen LogP contribution is 2.31. The number of nitro benzene ring substituents is 1. The van der Waals surface area contributed by atoms with Gasteiger partial charge in [-0.2, -0.15) is 0 Å². The number of carbonyl (C=O) groups excluding carboxylic acids is 1. The number of nitro groups is 1. The Bertz CT molecular complexity index is 986. The number of amidine groups is 1. The number of carbonyl (C=O) groups is 1. The van der Waals surface area contributed by atoms with Crippen LogP contribution in [0.4, 0.5) is 11.4 Å². The Morgan fingerprint density at radius 2 is 2.00 bits per heavy atom. The molecule has 1 fully saturated rings. The third-order valence-corrected chi connectivity index (χ3v) is 5.27. The normalized spacial score (nSPS) is 17.0. The molecule has 1 N–H and O–H groups in total. The summed E-state index contributed by atoms with van der Waals surface area (Å²) < 4.78 is 0.394. The van der Waals surface area contributed by atoms with Crippen molar-refractivity contribution in [2.45, 2.75) is 13.8 Å². The number of hydrogen-bond donors (Lipinski definition) is 1. The van der Waals surface area contributed by atoms with Crippen molar-refractivity contribution in [2.75, 3.05) is 0 Å². The number of amides is 1. The molecular formula is C18H14BrN3O3S. The molecule has 1 aliphatic heterocycles. The second-order valence-corrected chi connectivity index (χ2v) is 7.62. The summed E-state index contributed by atoms with van der Waals surface area (Å²) in [6.07, 6.45) is 1.62. The Labute approximate surface area is 162 Å². The zero-order valence-corrected chi connectivity index (χ0v) is 16.3. The van der Waals surface area contributed by atoms with Gasteiger partial charge < -0.3 is 5.32 Å². The molecule has 0 bridgehead atoms. The summed E-state index contributed by atoms with van der Waals surface area (Å²) >= 11 is 4.36. The van der Waals surface area contributed by atoms with E-state index < -0.39 is 4.92 Å². The van der Waals surface area contributed by atoms with Crippen molar-refractivity contribution in [3.05, 3.63) is 72.6 Å². The zero-order chi connectivity index (χ0) is 18.8. The molecule has 6 nitrogen and oxygen atoms in total. The summed E-state index contributed by atoms with van der Waals surface area (Å²) in [4.78, 5) is 27.7. The Hall–Kier alpha value is -2.45. The fourth-order valence-corrected chi connectivity index (χ4v) is 3.66. The quantitative estimate of drug-likeness (QED) is 0.426. The standard InChI is InChI=1S/C18H14BrN3O3S/c1-10-3-6-14(11(2)7-10)20-18-21-17(23)16(26-18)9-12-4-5-13(19)15(8-12)22(24)25/h3-9H,1-2H3,(H,20,21,23)/b16-9-. The topological polar surface area (TPSA) is 84.6 Å². The lowest BCUT2D eigenvalue weighted by atomic mass is 10.1. The molecule has 26 heavy (non-hydrogen) atoms. The van der Waals surface area contributed by atoms with E-state index in [1.807, 2.05) is 32.0 Å². The van der Waals surface area contributed by atoms with Crippen LogP contribution in [-0.4, -0.2) is 16.0 Å². The van der Waals surface area contributed by atoms with E-state index in [0.717, 1.165) is 16.8 Å². The molecule has 2 aromatic carbocycles. The molecule has 0 aromatic heterocycles. The van der Waals surface area contributed by atoms with Gasteiger partial charge in [0.25, 0.3) is 11.6 Å². The number of aliphatic imine (C=N–C) groups is 1. The molecule has 8 heteroatoms. The lowest BCUT2D eigenvalue weighted by Crippen LogP contribution is -2.19. The lowest BCUT2D eigenvalue weighted by Gasteiger charge is -2.02. The zero-order valence-electron chi connectivity index (χ0n) is 13.9. The molecule has 1 saturated heterocycles. The molecule has 0 radical (unpaired) electrons. The maximum atomic E-state index is 12.2. The van der Waals surface area contributed by atoms with Crippen molar-refractivity contribution in [1.82, 2.24) is 5.32 Å². The van der Waals surface area contributed by atoms with Gasteiger partial charge in [-0.15, -0.1) is 0 Å². The molecular weight excluding hydrogens is 418 g/mol. The molecule has 132 valence electrons.